The number of carbonyl (C=O) groups is 2. The van der Waals surface area contributed by atoms with Crippen molar-refractivity contribution in [1.29, 1.82) is 0 Å². The van der Waals surface area contributed by atoms with Crippen LogP contribution in [0.2, 0.25) is 0 Å². The van der Waals surface area contributed by atoms with Crippen LogP contribution in [0, 0.1) is 20.8 Å². The number of aromatic nitrogens is 2. The Hall–Kier alpha value is -3.82. The quantitative estimate of drug-likeness (QED) is 0.524. The molecule has 2 aliphatic heterocycles. The summed E-state index contributed by atoms with van der Waals surface area (Å²) in [5.74, 6) is 1.41. The second-order valence-corrected chi connectivity index (χ2v) is 9.33. The Balaban J connectivity index is 1.27. The van der Waals surface area contributed by atoms with Crippen molar-refractivity contribution in [3.63, 3.8) is 0 Å². The third-order valence-corrected chi connectivity index (χ3v) is 6.71. The Kier molecular flexibility index (Phi) is 6.19. The summed E-state index contributed by atoms with van der Waals surface area (Å²) < 4.78 is 10.8. The summed E-state index contributed by atoms with van der Waals surface area (Å²) in [5, 5.41) is 13.9. The Bertz CT molecular complexity index is 1230. The van der Waals surface area contributed by atoms with Crippen molar-refractivity contribution in [2.45, 2.75) is 58.5 Å². The van der Waals surface area contributed by atoms with Gasteiger partial charge in [0.2, 0.25) is 0 Å². The molecule has 2 aromatic heterocycles. The molecule has 0 aliphatic carbocycles. The van der Waals surface area contributed by atoms with Crippen LogP contribution in [0.1, 0.15) is 66.2 Å². The minimum absolute atomic E-state index is 0.132. The number of carbonyl (C=O) groups excluding carboxylic acids is 2. The molecule has 4 heterocycles. The van der Waals surface area contributed by atoms with E-state index < -0.39 is 0 Å². The third kappa shape index (κ3) is 4.73. The molecule has 10 heteroatoms. The minimum atomic E-state index is -0.206. The number of hydrogen-bond donors (Lipinski definition) is 2. The highest BCUT2D eigenvalue weighted by Gasteiger charge is 2.34. The number of urea groups is 2. The first-order valence-electron chi connectivity index (χ1n) is 12.0. The van der Waals surface area contributed by atoms with Gasteiger partial charge in [-0.2, -0.15) is 0 Å². The van der Waals surface area contributed by atoms with Gasteiger partial charge in [0.25, 0.3) is 0 Å². The summed E-state index contributed by atoms with van der Waals surface area (Å²) in [4.78, 5) is 29.8. The molecule has 2 N–H and O–H groups in total. The smallest absolute Gasteiger partial charge is 0.322 e. The number of nitrogens with zero attached hydrogens (tertiary/aromatic N) is 4. The summed E-state index contributed by atoms with van der Waals surface area (Å²) in [6.45, 7) is 6.94. The van der Waals surface area contributed by atoms with Crippen LogP contribution >= 0.6 is 0 Å². The lowest BCUT2D eigenvalue weighted by molar-refractivity contribution is 0.195. The summed E-state index contributed by atoms with van der Waals surface area (Å²) in [6, 6.07) is 8.59. The van der Waals surface area contributed by atoms with Gasteiger partial charge in [-0.15, -0.1) is 0 Å². The van der Waals surface area contributed by atoms with Gasteiger partial charge in [-0.25, -0.2) is 9.59 Å². The molecule has 4 amide bonds. The highest BCUT2D eigenvalue weighted by molar-refractivity contribution is 5.94. The Morgan fingerprint density at radius 1 is 0.829 bits per heavy atom. The molecule has 35 heavy (non-hydrogen) atoms. The molecule has 2 aliphatic rings. The molecule has 184 valence electrons. The predicted molar refractivity (Wildman–Crippen MR) is 129 cm³/mol. The van der Waals surface area contributed by atoms with Gasteiger partial charge in [0.15, 0.2) is 11.5 Å². The van der Waals surface area contributed by atoms with Gasteiger partial charge in [-0.1, -0.05) is 16.4 Å². The fourth-order valence-electron chi connectivity index (χ4n) is 4.91. The van der Waals surface area contributed by atoms with E-state index in [9.17, 15) is 9.59 Å². The molecule has 5 rings (SSSR count). The van der Waals surface area contributed by atoms with E-state index in [4.69, 9.17) is 9.05 Å². The molecular formula is C25H30N6O4. The Labute approximate surface area is 203 Å². The maximum atomic E-state index is 13.1. The molecule has 0 radical (unpaired) electrons. The van der Waals surface area contributed by atoms with Gasteiger partial charge in [0.05, 0.1) is 23.5 Å². The molecule has 3 aromatic rings. The Morgan fingerprint density at radius 3 is 1.89 bits per heavy atom. The van der Waals surface area contributed by atoms with E-state index in [2.05, 4.69) is 20.9 Å². The highest BCUT2D eigenvalue weighted by Crippen LogP contribution is 2.34. The average Bonchev–Trinajstić information content (AvgIpc) is 3.62. The molecule has 0 saturated carbocycles. The van der Waals surface area contributed by atoms with Gasteiger partial charge >= 0.3 is 12.1 Å². The van der Waals surface area contributed by atoms with Crippen molar-refractivity contribution in [1.82, 2.24) is 20.1 Å². The van der Waals surface area contributed by atoms with Crippen LogP contribution in [0.15, 0.2) is 39.4 Å². The van der Waals surface area contributed by atoms with Crippen molar-refractivity contribution < 1.29 is 18.6 Å². The van der Waals surface area contributed by atoms with Crippen LogP contribution in [-0.4, -0.2) is 45.3 Å². The van der Waals surface area contributed by atoms with E-state index in [1.165, 1.54) is 0 Å². The van der Waals surface area contributed by atoms with Crippen LogP contribution in [0.4, 0.5) is 21.0 Å². The fraction of sp³-hybridized carbons (Fsp3) is 0.440. The molecule has 2 saturated heterocycles. The topological polar surface area (TPSA) is 117 Å². The monoisotopic (exact) mass is 478 g/mol. The zero-order chi connectivity index (χ0) is 24.5. The fourth-order valence-corrected chi connectivity index (χ4v) is 4.91. The van der Waals surface area contributed by atoms with Crippen LogP contribution in [0.5, 0.6) is 0 Å². The summed E-state index contributed by atoms with van der Waals surface area (Å²) >= 11 is 0. The van der Waals surface area contributed by atoms with Crippen molar-refractivity contribution in [3.05, 3.63) is 58.8 Å². The number of likely N-dealkylation sites (tertiary alicyclic amines) is 2. The van der Waals surface area contributed by atoms with Gasteiger partial charge in [0.1, 0.15) is 0 Å². The number of nitrogens with one attached hydrogen (secondary N) is 2. The molecule has 10 nitrogen and oxygen atoms in total. The first-order valence-corrected chi connectivity index (χ1v) is 12.0. The van der Waals surface area contributed by atoms with Gasteiger partial charge in [0, 0.05) is 36.6 Å². The zero-order valence-corrected chi connectivity index (χ0v) is 20.2. The number of anilines is 2. The molecule has 2 atom stereocenters. The van der Waals surface area contributed by atoms with Gasteiger partial charge in [-0.05, 0) is 64.2 Å². The molecule has 0 bridgehead atoms. The number of amides is 4. The maximum absolute atomic E-state index is 13.1. The molecular weight excluding hydrogens is 448 g/mol. The molecule has 1 aromatic carbocycles. The summed E-state index contributed by atoms with van der Waals surface area (Å²) in [6.07, 6.45) is 3.46. The molecule has 2 fully saturated rings. The van der Waals surface area contributed by atoms with E-state index in [0.29, 0.717) is 36.0 Å². The SMILES string of the molecule is Cc1cc([C@H]2CCCN2C(=O)Nc2ccc(C)c(NC(=O)N3CCC[C@H]3c3cc(C)no3)c2)on1. The second kappa shape index (κ2) is 9.44. The van der Waals surface area contributed by atoms with Gasteiger partial charge < -0.3 is 29.5 Å². The second-order valence-electron chi connectivity index (χ2n) is 9.33. The maximum Gasteiger partial charge on any atom is 0.322 e. The van der Waals surface area contributed by atoms with Crippen LogP contribution in [0.25, 0.3) is 0 Å². The largest absolute Gasteiger partial charge is 0.359 e. The van der Waals surface area contributed by atoms with Crippen LogP contribution in [0.3, 0.4) is 0 Å². The van der Waals surface area contributed by atoms with E-state index >= 15 is 0 Å². The lowest BCUT2D eigenvalue weighted by Crippen LogP contribution is -2.35. The average molecular weight is 479 g/mol. The standard InChI is InChI=1S/C25H30N6O4/c1-15-8-9-18(26-24(32)30-10-4-6-20(30)22-12-16(2)28-34-22)14-19(15)27-25(33)31-11-5-7-21(31)23-13-17(3)29-35-23/h8-9,12-14,20-21H,4-7,10-11H2,1-3H3,(H,26,32)(H,27,33)/t20-,21+/m1/s1. The number of hydrogen-bond acceptors (Lipinski definition) is 6. The third-order valence-electron chi connectivity index (χ3n) is 6.71. The minimum Gasteiger partial charge on any atom is -0.359 e. The normalized spacial score (nSPS) is 19.9. The van der Waals surface area contributed by atoms with Crippen molar-refractivity contribution in [3.8, 4) is 0 Å². The van der Waals surface area contributed by atoms with Gasteiger partial charge in [-0.3, -0.25) is 0 Å². The zero-order valence-electron chi connectivity index (χ0n) is 20.2. The predicted octanol–water partition coefficient (Wildman–Crippen LogP) is 5.33. The van der Waals surface area contributed by atoms with Crippen molar-refractivity contribution in [2.75, 3.05) is 23.7 Å². The molecule has 0 unspecified atom stereocenters. The molecule has 0 spiro atoms. The van der Waals surface area contributed by atoms with E-state index in [1.807, 2.05) is 45.0 Å². The van der Waals surface area contributed by atoms with Crippen molar-refractivity contribution >= 4 is 23.4 Å². The Morgan fingerprint density at radius 2 is 1.37 bits per heavy atom. The highest BCUT2D eigenvalue weighted by atomic mass is 16.5. The van der Waals surface area contributed by atoms with E-state index in [1.54, 1.807) is 15.9 Å². The number of benzene rings is 1. The summed E-state index contributed by atoms with van der Waals surface area (Å²) in [7, 11) is 0. The van der Waals surface area contributed by atoms with E-state index in [0.717, 1.165) is 42.6 Å². The first kappa shape index (κ1) is 22.9. The van der Waals surface area contributed by atoms with Crippen LogP contribution in [-0.2, 0) is 0 Å². The first-order chi connectivity index (χ1) is 16.9. The van der Waals surface area contributed by atoms with Crippen molar-refractivity contribution in [2.24, 2.45) is 0 Å². The number of rotatable bonds is 4. The van der Waals surface area contributed by atoms with E-state index in [-0.39, 0.29) is 24.1 Å². The summed E-state index contributed by atoms with van der Waals surface area (Å²) in [5.41, 5.74) is 3.75. The lowest BCUT2D eigenvalue weighted by Gasteiger charge is -2.24. The lowest BCUT2D eigenvalue weighted by atomic mass is 10.1. The number of aryl methyl sites for hydroxylation is 3. The van der Waals surface area contributed by atoms with Crippen LogP contribution < -0.4 is 10.6 Å².